The van der Waals surface area contributed by atoms with Gasteiger partial charge in [0.1, 0.15) is 6.04 Å². The first kappa shape index (κ1) is 19.5. The molecule has 1 atom stereocenters. The van der Waals surface area contributed by atoms with Crippen molar-refractivity contribution in [3.63, 3.8) is 0 Å². The Bertz CT molecular complexity index is 775. The molecule has 0 spiro atoms. The van der Waals surface area contributed by atoms with Crippen LogP contribution in [-0.2, 0) is 28.6 Å². The zero-order valence-electron chi connectivity index (χ0n) is 14.0. The monoisotopic (exact) mass is 365 g/mol. The molecule has 0 bridgehead atoms. The average Bonchev–Trinajstić information content (AvgIpc) is 2.59. The summed E-state index contributed by atoms with van der Waals surface area (Å²) in [6.45, 7) is 0. The van der Waals surface area contributed by atoms with E-state index in [1.807, 2.05) is 0 Å². The molecule has 1 N–H and O–H groups in total. The molecule has 2 aromatic carbocycles. The Labute approximate surface area is 148 Å². The van der Waals surface area contributed by atoms with Gasteiger partial charge in [-0.2, -0.15) is 13.2 Å². The van der Waals surface area contributed by atoms with Gasteiger partial charge in [-0.25, -0.2) is 4.79 Å². The standard InChI is InChI=1S/C19H18F3NO3/c1-23(16(18(25)26)11-13-7-3-2-4-8-13)17(24)12-14-9-5-6-10-15(14)19(20,21)22/h2-10,16H,11-12H2,1H3,(H,25,26). The number of hydrogen-bond donors (Lipinski definition) is 1. The number of carboxylic acids is 1. The predicted molar refractivity (Wildman–Crippen MR) is 89.5 cm³/mol. The average molecular weight is 365 g/mol. The Kier molecular flexibility index (Phi) is 6.02. The minimum atomic E-state index is -4.58. The lowest BCUT2D eigenvalue weighted by Crippen LogP contribution is -2.44. The quantitative estimate of drug-likeness (QED) is 0.854. The summed E-state index contributed by atoms with van der Waals surface area (Å²) in [7, 11) is 1.29. The number of rotatable bonds is 6. The number of carbonyl (C=O) groups excluding carboxylic acids is 1. The number of amides is 1. The van der Waals surface area contributed by atoms with Crippen LogP contribution in [0.3, 0.4) is 0 Å². The van der Waals surface area contributed by atoms with E-state index in [1.54, 1.807) is 30.3 Å². The summed E-state index contributed by atoms with van der Waals surface area (Å²) >= 11 is 0. The second-order valence-electron chi connectivity index (χ2n) is 5.88. The third-order valence-electron chi connectivity index (χ3n) is 4.08. The van der Waals surface area contributed by atoms with Crippen molar-refractivity contribution in [1.29, 1.82) is 0 Å². The van der Waals surface area contributed by atoms with Gasteiger partial charge in [-0.05, 0) is 17.2 Å². The third-order valence-corrected chi connectivity index (χ3v) is 4.08. The lowest BCUT2D eigenvalue weighted by Gasteiger charge is -2.25. The van der Waals surface area contributed by atoms with Crippen LogP contribution in [0.15, 0.2) is 54.6 Å². The van der Waals surface area contributed by atoms with Crippen LogP contribution < -0.4 is 0 Å². The zero-order chi connectivity index (χ0) is 19.3. The van der Waals surface area contributed by atoms with Crippen molar-refractivity contribution >= 4 is 11.9 Å². The number of halogens is 3. The van der Waals surface area contributed by atoms with Gasteiger partial charge in [0.05, 0.1) is 12.0 Å². The number of alkyl halides is 3. The van der Waals surface area contributed by atoms with E-state index in [1.165, 1.54) is 25.2 Å². The minimum absolute atomic E-state index is 0.0688. The van der Waals surface area contributed by atoms with Gasteiger partial charge in [0.15, 0.2) is 0 Å². The molecule has 1 unspecified atom stereocenters. The molecular formula is C19H18F3NO3. The van der Waals surface area contributed by atoms with Crippen molar-refractivity contribution in [1.82, 2.24) is 4.90 Å². The fourth-order valence-corrected chi connectivity index (χ4v) is 2.64. The lowest BCUT2D eigenvalue weighted by molar-refractivity contribution is -0.149. The largest absolute Gasteiger partial charge is 0.480 e. The third kappa shape index (κ3) is 4.84. The summed E-state index contributed by atoms with van der Waals surface area (Å²) in [6.07, 6.45) is -5.03. The van der Waals surface area contributed by atoms with E-state index in [0.717, 1.165) is 16.5 Å². The summed E-state index contributed by atoms with van der Waals surface area (Å²) in [5, 5.41) is 9.43. The van der Waals surface area contributed by atoms with E-state index < -0.39 is 36.1 Å². The molecule has 0 fully saturated rings. The van der Waals surface area contributed by atoms with Crippen molar-refractivity contribution in [2.75, 3.05) is 7.05 Å². The molecule has 0 saturated carbocycles. The highest BCUT2D eigenvalue weighted by Gasteiger charge is 2.34. The maximum Gasteiger partial charge on any atom is 0.416 e. The number of benzene rings is 2. The first-order chi connectivity index (χ1) is 12.2. The topological polar surface area (TPSA) is 57.6 Å². The van der Waals surface area contributed by atoms with E-state index >= 15 is 0 Å². The minimum Gasteiger partial charge on any atom is -0.480 e. The Morgan fingerprint density at radius 1 is 1.04 bits per heavy atom. The normalized spacial score (nSPS) is 12.5. The van der Waals surface area contributed by atoms with Crippen molar-refractivity contribution < 1.29 is 27.9 Å². The van der Waals surface area contributed by atoms with Crippen LogP contribution in [0.25, 0.3) is 0 Å². The molecule has 0 saturated heterocycles. The highest BCUT2D eigenvalue weighted by atomic mass is 19.4. The van der Waals surface area contributed by atoms with Gasteiger partial charge in [-0.15, -0.1) is 0 Å². The molecule has 0 aliphatic carbocycles. The highest BCUT2D eigenvalue weighted by molar-refractivity contribution is 5.85. The summed E-state index contributed by atoms with van der Waals surface area (Å²) < 4.78 is 39.2. The highest BCUT2D eigenvalue weighted by Crippen LogP contribution is 2.32. The van der Waals surface area contributed by atoms with Gasteiger partial charge in [-0.1, -0.05) is 48.5 Å². The van der Waals surface area contributed by atoms with Gasteiger partial charge in [0, 0.05) is 13.5 Å². The van der Waals surface area contributed by atoms with E-state index in [4.69, 9.17) is 0 Å². The Morgan fingerprint density at radius 3 is 2.19 bits per heavy atom. The van der Waals surface area contributed by atoms with E-state index in [0.29, 0.717) is 0 Å². The van der Waals surface area contributed by atoms with Crippen LogP contribution in [0.5, 0.6) is 0 Å². The van der Waals surface area contributed by atoms with Gasteiger partial charge in [-0.3, -0.25) is 4.79 Å². The Balaban J connectivity index is 2.19. The van der Waals surface area contributed by atoms with Gasteiger partial charge in [0.25, 0.3) is 0 Å². The number of carbonyl (C=O) groups is 2. The Morgan fingerprint density at radius 2 is 1.62 bits per heavy atom. The van der Waals surface area contributed by atoms with Crippen molar-refractivity contribution in [3.05, 3.63) is 71.3 Å². The molecule has 0 radical (unpaired) electrons. The van der Waals surface area contributed by atoms with Gasteiger partial charge >= 0.3 is 12.1 Å². The maximum absolute atomic E-state index is 13.1. The SMILES string of the molecule is CN(C(=O)Cc1ccccc1C(F)(F)F)C(Cc1ccccc1)C(=O)O. The van der Waals surface area contributed by atoms with Gasteiger partial charge < -0.3 is 10.0 Å². The molecular weight excluding hydrogens is 347 g/mol. The second-order valence-corrected chi connectivity index (χ2v) is 5.88. The summed E-state index contributed by atoms with van der Waals surface area (Å²) in [5.74, 6) is -1.90. The van der Waals surface area contributed by atoms with Crippen LogP contribution in [0.2, 0.25) is 0 Å². The molecule has 0 aliphatic rings. The number of nitrogens with zero attached hydrogens (tertiary/aromatic N) is 1. The summed E-state index contributed by atoms with van der Waals surface area (Å²) in [5.41, 5.74) is -0.354. The molecule has 26 heavy (non-hydrogen) atoms. The van der Waals surface area contributed by atoms with Crippen molar-refractivity contribution in [2.45, 2.75) is 25.1 Å². The first-order valence-electron chi connectivity index (χ1n) is 7.87. The number of likely N-dealkylation sites (N-methyl/N-ethyl adjacent to an activating group) is 1. The molecule has 2 aromatic rings. The lowest BCUT2D eigenvalue weighted by atomic mass is 10.0. The van der Waals surface area contributed by atoms with Gasteiger partial charge in [0.2, 0.25) is 5.91 Å². The number of carboxylic acid groups (broad SMARTS) is 1. The molecule has 0 heterocycles. The number of aliphatic carboxylic acids is 1. The molecule has 2 rings (SSSR count). The van der Waals surface area contributed by atoms with Crippen LogP contribution in [0, 0.1) is 0 Å². The zero-order valence-corrected chi connectivity index (χ0v) is 14.0. The fraction of sp³-hybridized carbons (Fsp3) is 0.263. The molecule has 1 amide bonds. The van der Waals surface area contributed by atoms with Crippen molar-refractivity contribution in [3.8, 4) is 0 Å². The maximum atomic E-state index is 13.1. The van der Waals surface area contributed by atoms with Crippen molar-refractivity contribution in [2.24, 2.45) is 0 Å². The summed E-state index contributed by atoms with van der Waals surface area (Å²) in [4.78, 5) is 25.0. The predicted octanol–water partition coefficient (Wildman–Crippen LogP) is 3.40. The van der Waals surface area contributed by atoms with E-state index in [2.05, 4.69) is 0 Å². The van der Waals surface area contributed by atoms with Crippen LogP contribution in [0.1, 0.15) is 16.7 Å². The smallest absolute Gasteiger partial charge is 0.416 e. The fourth-order valence-electron chi connectivity index (χ4n) is 2.64. The molecule has 0 aromatic heterocycles. The second kappa shape index (κ2) is 8.03. The van der Waals surface area contributed by atoms with E-state index in [-0.39, 0.29) is 12.0 Å². The molecule has 4 nitrogen and oxygen atoms in total. The molecule has 138 valence electrons. The van der Waals surface area contributed by atoms with Crippen LogP contribution in [0.4, 0.5) is 13.2 Å². The summed E-state index contributed by atoms with van der Waals surface area (Å²) in [6, 6.07) is 12.4. The Hall–Kier alpha value is -2.83. The molecule has 7 heteroatoms. The number of hydrogen-bond acceptors (Lipinski definition) is 2. The van der Waals surface area contributed by atoms with Crippen LogP contribution in [-0.4, -0.2) is 35.0 Å². The van der Waals surface area contributed by atoms with Crippen LogP contribution >= 0.6 is 0 Å². The molecule has 0 aliphatic heterocycles. The van der Waals surface area contributed by atoms with E-state index in [9.17, 15) is 27.9 Å². The first-order valence-corrected chi connectivity index (χ1v) is 7.87.